The van der Waals surface area contributed by atoms with Gasteiger partial charge in [0.15, 0.2) is 0 Å². The van der Waals surface area contributed by atoms with Gasteiger partial charge in [-0.3, -0.25) is 4.79 Å². The second kappa shape index (κ2) is 6.05. The van der Waals surface area contributed by atoms with Crippen molar-refractivity contribution in [1.82, 2.24) is 4.90 Å². The number of amides is 1. The largest absolute Gasteiger partial charge is 0.480 e. The number of rotatable bonds is 5. The van der Waals surface area contributed by atoms with Gasteiger partial charge in [0.2, 0.25) is 15.9 Å². The molecule has 1 aliphatic heterocycles. The minimum atomic E-state index is -3.86. The summed E-state index contributed by atoms with van der Waals surface area (Å²) in [5, 5.41) is 13.4. The van der Waals surface area contributed by atoms with Crippen LogP contribution in [0.4, 0.5) is 0 Å². The van der Waals surface area contributed by atoms with Crippen molar-refractivity contribution in [3.63, 3.8) is 0 Å². The number of nitrogens with zero attached hydrogens (tertiary/aromatic N) is 1. The first-order chi connectivity index (χ1) is 10.2. The molecule has 1 amide bonds. The first-order valence-electron chi connectivity index (χ1n) is 6.78. The minimum Gasteiger partial charge on any atom is -0.480 e. The topological polar surface area (TPSA) is 118 Å². The third kappa shape index (κ3) is 3.63. The molecule has 0 bridgehead atoms. The molecule has 1 unspecified atom stereocenters. The van der Waals surface area contributed by atoms with Gasteiger partial charge < -0.3 is 10.0 Å². The minimum absolute atomic E-state index is 0.125. The zero-order valence-electron chi connectivity index (χ0n) is 12.1. The zero-order chi connectivity index (χ0) is 16.5. The van der Waals surface area contributed by atoms with Crippen LogP contribution in [-0.4, -0.2) is 48.1 Å². The number of benzene rings is 1. The van der Waals surface area contributed by atoms with Gasteiger partial charge in [0.05, 0.1) is 0 Å². The molecule has 2 rings (SSSR count). The van der Waals surface area contributed by atoms with Gasteiger partial charge in [-0.2, -0.15) is 0 Å². The Morgan fingerprint density at radius 3 is 2.68 bits per heavy atom. The lowest BCUT2D eigenvalue weighted by Crippen LogP contribution is -2.44. The molecule has 22 heavy (non-hydrogen) atoms. The molecule has 120 valence electrons. The van der Waals surface area contributed by atoms with Crippen molar-refractivity contribution < 1.29 is 23.1 Å². The van der Waals surface area contributed by atoms with E-state index in [1.807, 2.05) is 25.1 Å². The van der Waals surface area contributed by atoms with E-state index in [1.54, 1.807) is 6.07 Å². The summed E-state index contributed by atoms with van der Waals surface area (Å²) in [7, 11) is -3.86. The average Bonchev–Trinajstić information content (AvgIpc) is 2.77. The maximum absolute atomic E-state index is 12.0. The molecule has 2 atom stereocenters. The smallest absolute Gasteiger partial charge is 0.326 e. The lowest BCUT2D eigenvalue weighted by molar-refractivity contribution is -0.148. The Hall–Kier alpha value is -1.93. The van der Waals surface area contributed by atoms with Crippen LogP contribution in [0.5, 0.6) is 0 Å². The number of carboxylic acid groups (broad SMARTS) is 1. The molecule has 8 heteroatoms. The molecule has 3 N–H and O–H groups in total. The van der Waals surface area contributed by atoms with Gasteiger partial charge in [-0.15, -0.1) is 0 Å². The molecular formula is C14H18N2O5S. The Morgan fingerprint density at radius 2 is 2.18 bits per heavy atom. The van der Waals surface area contributed by atoms with Crippen molar-refractivity contribution >= 4 is 21.9 Å². The van der Waals surface area contributed by atoms with E-state index in [2.05, 4.69) is 0 Å². The molecule has 1 aliphatic rings. The SMILES string of the molecule is Cc1cccc(C[C@@H](C(=O)O)N2CC(S(N)(=O)=O)CC2=O)c1. The maximum Gasteiger partial charge on any atom is 0.326 e. The van der Waals surface area contributed by atoms with Gasteiger partial charge in [0, 0.05) is 19.4 Å². The summed E-state index contributed by atoms with van der Waals surface area (Å²) in [4.78, 5) is 24.6. The number of aryl methyl sites for hydroxylation is 1. The van der Waals surface area contributed by atoms with Crippen LogP contribution in [0, 0.1) is 6.92 Å². The second-order valence-electron chi connectivity index (χ2n) is 5.51. The number of hydrogen-bond donors (Lipinski definition) is 2. The highest BCUT2D eigenvalue weighted by atomic mass is 32.2. The van der Waals surface area contributed by atoms with Crippen molar-refractivity contribution in [3.05, 3.63) is 35.4 Å². The van der Waals surface area contributed by atoms with Gasteiger partial charge in [0.25, 0.3) is 0 Å². The standard InChI is InChI=1S/C14H18N2O5S/c1-9-3-2-4-10(5-9)6-12(14(18)19)16-8-11(7-13(16)17)22(15,20)21/h2-5,11-12H,6-8H2,1H3,(H,18,19)(H2,15,20,21)/t11?,12-/m0/s1. The number of carbonyl (C=O) groups is 2. The summed E-state index contributed by atoms with van der Waals surface area (Å²) < 4.78 is 22.7. The predicted octanol–water partition coefficient (Wildman–Crippen LogP) is -0.120. The molecule has 1 saturated heterocycles. The van der Waals surface area contributed by atoms with Crippen LogP contribution >= 0.6 is 0 Å². The number of carbonyl (C=O) groups excluding carboxylic acids is 1. The first-order valence-corrected chi connectivity index (χ1v) is 8.39. The fourth-order valence-electron chi connectivity index (χ4n) is 2.61. The normalized spacial score (nSPS) is 20.2. The van der Waals surface area contributed by atoms with E-state index in [0.717, 1.165) is 16.0 Å². The molecule has 0 spiro atoms. The molecule has 1 heterocycles. The van der Waals surface area contributed by atoms with Gasteiger partial charge in [-0.05, 0) is 12.5 Å². The monoisotopic (exact) mass is 326 g/mol. The summed E-state index contributed by atoms with van der Waals surface area (Å²) in [5.41, 5.74) is 1.76. The lowest BCUT2D eigenvalue weighted by Gasteiger charge is -2.24. The lowest BCUT2D eigenvalue weighted by atomic mass is 10.0. The van der Waals surface area contributed by atoms with Crippen LogP contribution in [0.2, 0.25) is 0 Å². The molecule has 1 aromatic carbocycles. The first kappa shape index (κ1) is 16.4. The molecule has 1 aromatic rings. The Labute approximate surface area is 128 Å². The number of nitrogens with two attached hydrogens (primary N) is 1. The molecule has 0 aliphatic carbocycles. The van der Waals surface area contributed by atoms with Gasteiger partial charge >= 0.3 is 5.97 Å². The van der Waals surface area contributed by atoms with Crippen molar-refractivity contribution in [3.8, 4) is 0 Å². The van der Waals surface area contributed by atoms with Crippen molar-refractivity contribution in [2.24, 2.45) is 5.14 Å². The zero-order valence-corrected chi connectivity index (χ0v) is 12.9. The van der Waals surface area contributed by atoms with Gasteiger partial charge in [-0.1, -0.05) is 29.8 Å². The van der Waals surface area contributed by atoms with E-state index in [1.165, 1.54) is 0 Å². The summed E-state index contributed by atoms with van der Waals surface area (Å²) in [6.07, 6.45) is -0.142. The Bertz CT molecular complexity index is 701. The van der Waals surface area contributed by atoms with Gasteiger partial charge in [-0.25, -0.2) is 18.4 Å². The number of carboxylic acids is 1. The fraction of sp³-hybridized carbons (Fsp3) is 0.429. The number of aliphatic carboxylic acids is 1. The van der Waals surface area contributed by atoms with E-state index >= 15 is 0 Å². The average molecular weight is 326 g/mol. The highest BCUT2D eigenvalue weighted by Gasteiger charge is 2.41. The van der Waals surface area contributed by atoms with Crippen LogP contribution < -0.4 is 5.14 Å². The summed E-state index contributed by atoms with van der Waals surface area (Å²) in [6.45, 7) is 1.71. The van der Waals surface area contributed by atoms with Crippen LogP contribution in [0.15, 0.2) is 24.3 Å². The quantitative estimate of drug-likeness (QED) is 0.782. The fourth-order valence-corrected chi connectivity index (χ4v) is 3.36. The maximum atomic E-state index is 12.0. The second-order valence-corrected chi connectivity index (χ2v) is 7.35. The van der Waals surface area contributed by atoms with E-state index in [4.69, 9.17) is 5.14 Å². The summed E-state index contributed by atoms with van der Waals surface area (Å²) in [6, 6.07) is 6.22. The van der Waals surface area contributed by atoms with Gasteiger partial charge in [0.1, 0.15) is 11.3 Å². The number of likely N-dealkylation sites (tertiary alicyclic amines) is 1. The molecule has 7 nitrogen and oxygen atoms in total. The number of primary sulfonamides is 1. The predicted molar refractivity (Wildman–Crippen MR) is 79.5 cm³/mol. The van der Waals surface area contributed by atoms with Crippen molar-refractivity contribution in [1.29, 1.82) is 0 Å². The van der Waals surface area contributed by atoms with Crippen molar-refractivity contribution in [2.75, 3.05) is 6.54 Å². The third-order valence-corrected chi connectivity index (χ3v) is 5.01. The molecular weight excluding hydrogens is 308 g/mol. The molecule has 1 fully saturated rings. The highest BCUT2D eigenvalue weighted by molar-refractivity contribution is 7.89. The van der Waals surface area contributed by atoms with Crippen LogP contribution in [0.3, 0.4) is 0 Å². The van der Waals surface area contributed by atoms with Crippen LogP contribution in [0.25, 0.3) is 0 Å². The highest BCUT2D eigenvalue weighted by Crippen LogP contribution is 2.21. The van der Waals surface area contributed by atoms with E-state index < -0.39 is 33.2 Å². The van der Waals surface area contributed by atoms with E-state index in [9.17, 15) is 23.1 Å². The molecule has 0 aromatic heterocycles. The van der Waals surface area contributed by atoms with E-state index in [0.29, 0.717) is 0 Å². The molecule has 0 radical (unpaired) electrons. The summed E-state index contributed by atoms with van der Waals surface area (Å²) in [5.74, 6) is -1.66. The Morgan fingerprint density at radius 1 is 1.50 bits per heavy atom. The third-order valence-electron chi connectivity index (χ3n) is 3.76. The number of hydrogen-bond acceptors (Lipinski definition) is 4. The van der Waals surface area contributed by atoms with Crippen LogP contribution in [0.1, 0.15) is 17.5 Å². The summed E-state index contributed by atoms with van der Waals surface area (Å²) >= 11 is 0. The van der Waals surface area contributed by atoms with Crippen molar-refractivity contribution in [2.45, 2.75) is 31.1 Å². The Balaban J connectivity index is 2.22. The Kier molecular flexibility index (Phi) is 4.52. The van der Waals surface area contributed by atoms with Crippen LogP contribution in [-0.2, 0) is 26.0 Å². The number of sulfonamides is 1. The molecule has 0 saturated carbocycles. The van der Waals surface area contributed by atoms with E-state index in [-0.39, 0.29) is 19.4 Å².